The largest absolute Gasteiger partial charge is 0.397 e. The Morgan fingerprint density at radius 1 is 1.30 bits per heavy atom. The number of nitrogens with one attached hydrogen (secondary N) is 2. The van der Waals surface area contributed by atoms with Crippen molar-refractivity contribution in [3.05, 3.63) is 30.0 Å². The maximum atomic E-state index is 12.2. The number of rotatable bonds is 2. The van der Waals surface area contributed by atoms with Gasteiger partial charge in [0.2, 0.25) is 0 Å². The predicted octanol–water partition coefficient (Wildman–Crippen LogP) is 0.642. The van der Waals surface area contributed by atoms with Crippen LogP contribution in [0.15, 0.2) is 24.3 Å². The summed E-state index contributed by atoms with van der Waals surface area (Å²) in [5.41, 5.74) is 10.8. The number of hydrogen-bond donors (Lipinski definition) is 3. The van der Waals surface area contributed by atoms with Gasteiger partial charge in [0, 0.05) is 31.6 Å². The first-order valence-corrected chi connectivity index (χ1v) is 6.75. The van der Waals surface area contributed by atoms with Crippen molar-refractivity contribution in [2.24, 2.45) is 0 Å². The molecule has 1 fully saturated rings. The summed E-state index contributed by atoms with van der Waals surface area (Å²) in [6, 6.07) is 7.47. The standard InChI is InChI=1S/C14H19N5O/c1-18-5-7-19(8-6-18)17-14(20)12-9-10-3-2-4-11(15)13(10)16-12/h2-4,9,16H,5-8,15H2,1H3,(H,17,20). The van der Waals surface area contributed by atoms with E-state index in [1.807, 2.05) is 29.3 Å². The number of nitrogen functional groups attached to an aromatic ring is 1. The minimum absolute atomic E-state index is 0.120. The number of likely N-dealkylation sites (N-methyl/N-ethyl adjacent to an activating group) is 1. The first-order chi connectivity index (χ1) is 9.63. The Balaban J connectivity index is 1.74. The molecule has 0 unspecified atom stereocenters. The van der Waals surface area contributed by atoms with Gasteiger partial charge in [-0.3, -0.25) is 10.2 Å². The number of nitrogens with zero attached hydrogens (tertiary/aromatic N) is 2. The molecule has 0 aliphatic carbocycles. The highest BCUT2D eigenvalue weighted by molar-refractivity contribution is 6.00. The minimum atomic E-state index is -0.120. The van der Waals surface area contributed by atoms with Gasteiger partial charge < -0.3 is 15.6 Å². The van der Waals surface area contributed by atoms with Crippen molar-refractivity contribution in [2.75, 3.05) is 39.0 Å². The SMILES string of the molecule is CN1CCN(NC(=O)c2cc3cccc(N)c3[nH]2)CC1. The Morgan fingerprint density at radius 3 is 2.75 bits per heavy atom. The van der Waals surface area contributed by atoms with E-state index in [1.165, 1.54) is 0 Å². The van der Waals surface area contributed by atoms with Crippen LogP contribution in [0.3, 0.4) is 0 Å². The predicted molar refractivity (Wildman–Crippen MR) is 79.2 cm³/mol. The number of anilines is 1. The molecule has 6 nitrogen and oxygen atoms in total. The molecule has 106 valence electrons. The number of carbonyl (C=O) groups excluding carboxylic acids is 1. The maximum Gasteiger partial charge on any atom is 0.282 e. The van der Waals surface area contributed by atoms with E-state index in [-0.39, 0.29) is 5.91 Å². The summed E-state index contributed by atoms with van der Waals surface area (Å²) in [6.07, 6.45) is 0. The van der Waals surface area contributed by atoms with E-state index in [9.17, 15) is 4.79 Å². The molecular weight excluding hydrogens is 254 g/mol. The monoisotopic (exact) mass is 273 g/mol. The second-order valence-corrected chi connectivity index (χ2v) is 5.23. The smallest absolute Gasteiger partial charge is 0.282 e. The summed E-state index contributed by atoms with van der Waals surface area (Å²) >= 11 is 0. The average Bonchev–Trinajstić information content (AvgIpc) is 2.87. The van der Waals surface area contributed by atoms with E-state index < -0.39 is 0 Å². The van der Waals surface area contributed by atoms with Gasteiger partial charge in [0.25, 0.3) is 5.91 Å². The number of carbonyl (C=O) groups is 1. The Hall–Kier alpha value is -2.05. The second-order valence-electron chi connectivity index (χ2n) is 5.23. The van der Waals surface area contributed by atoms with Crippen LogP contribution in [-0.4, -0.2) is 54.0 Å². The van der Waals surface area contributed by atoms with Gasteiger partial charge in [-0.05, 0) is 19.2 Å². The summed E-state index contributed by atoms with van der Waals surface area (Å²) < 4.78 is 0. The van der Waals surface area contributed by atoms with Gasteiger partial charge in [0.15, 0.2) is 0 Å². The lowest BCUT2D eigenvalue weighted by atomic mass is 10.2. The molecule has 20 heavy (non-hydrogen) atoms. The summed E-state index contributed by atoms with van der Waals surface area (Å²) in [4.78, 5) is 17.6. The van der Waals surface area contributed by atoms with Crippen LogP contribution in [-0.2, 0) is 0 Å². The summed E-state index contributed by atoms with van der Waals surface area (Å²) in [5, 5.41) is 2.91. The highest BCUT2D eigenvalue weighted by Gasteiger charge is 2.17. The lowest BCUT2D eigenvalue weighted by Gasteiger charge is -2.32. The zero-order valence-electron chi connectivity index (χ0n) is 11.5. The maximum absolute atomic E-state index is 12.2. The molecular formula is C14H19N5O. The third kappa shape index (κ3) is 2.48. The number of piperazine rings is 1. The number of aromatic amines is 1. The number of para-hydroxylation sites is 1. The van der Waals surface area contributed by atoms with Crippen LogP contribution >= 0.6 is 0 Å². The van der Waals surface area contributed by atoms with Crippen molar-refractivity contribution in [3.63, 3.8) is 0 Å². The Labute approximate surface area is 117 Å². The first kappa shape index (κ1) is 13.0. The van der Waals surface area contributed by atoms with Crippen LogP contribution in [0.2, 0.25) is 0 Å². The molecule has 1 saturated heterocycles. The van der Waals surface area contributed by atoms with Gasteiger partial charge >= 0.3 is 0 Å². The van der Waals surface area contributed by atoms with E-state index in [1.54, 1.807) is 0 Å². The van der Waals surface area contributed by atoms with Crippen molar-refractivity contribution in [1.82, 2.24) is 20.3 Å². The molecule has 1 aliphatic heterocycles. The number of fused-ring (bicyclic) bond motifs is 1. The normalized spacial score (nSPS) is 17.4. The number of nitrogens with two attached hydrogens (primary N) is 1. The van der Waals surface area contributed by atoms with E-state index in [0.717, 1.165) is 37.1 Å². The molecule has 0 atom stereocenters. The van der Waals surface area contributed by atoms with Gasteiger partial charge in [0.05, 0.1) is 11.2 Å². The van der Waals surface area contributed by atoms with Gasteiger partial charge in [-0.1, -0.05) is 12.1 Å². The molecule has 0 bridgehead atoms. The van der Waals surface area contributed by atoms with Crippen molar-refractivity contribution in [1.29, 1.82) is 0 Å². The molecule has 0 spiro atoms. The molecule has 1 aromatic carbocycles. The van der Waals surface area contributed by atoms with E-state index in [2.05, 4.69) is 22.4 Å². The van der Waals surface area contributed by atoms with Crippen LogP contribution in [0.5, 0.6) is 0 Å². The molecule has 0 saturated carbocycles. The number of hydrogen-bond acceptors (Lipinski definition) is 4. The number of amides is 1. The molecule has 4 N–H and O–H groups in total. The van der Waals surface area contributed by atoms with Crippen LogP contribution < -0.4 is 11.2 Å². The Bertz CT molecular complexity index is 628. The van der Waals surface area contributed by atoms with Gasteiger partial charge in [-0.2, -0.15) is 0 Å². The molecule has 6 heteroatoms. The summed E-state index contributed by atoms with van der Waals surface area (Å²) in [5.74, 6) is -0.120. The highest BCUT2D eigenvalue weighted by Crippen LogP contribution is 2.21. The molecule has 3 rings (SSSR count). The fraction of sp³-hybridized carbons (Fsp3) is 0.357. The lowest BCUT2D eigenvalue weighted by molar-refractivity contribution is 0.0658. The Kier molecular flexibility index (Phi) is 3.33. The molecule has 2 heterocycles. The fourth-order valence-electron chi connectivity index (χ4n) is 2.42. The van der Waals surface area contributed by atoms with Crippen molar-refractivity contribution < 1.29 is 4.79 Å². The van der Waals surface area contributed by atoms with Crippen molar-refractivity contribution in [3.8, 4) is 0 Å². The summed E-state index contributed by atoms with van der Waals surface area (Å²) in [7, 11) is 2.08. The number of H-pyrrole nitrogens is 1. The van der Waals surface area contributed by atoms with E-state index in [4.69, 9.17) is 5.73 Å². The minimum Gasteiger partial charge on any atom is -0.397 e. The van der Waals surface area contributed by atoms with Gasteiger partial charge in [-0.25, -0.2) is 5.01 Å². The fourth-order valence-corrected chi connectivity index (χ4v) is 2.42. The first-order valence-electron chi connectivity index (χ1n) is 6.75. The Morgan fingerprint density at radius 2 is 2.05 bits per heavy atom. The van der Waals surface area contributed by atoms with Crippen LogP contribution in [0.25, 0.3) is 10.9 Å². The number of hydrazine groups is 1. The molecule has 0 radical (unpaired) electrons. The topological polar surface area (TPSA) is 77.4 Å². The molecule has 1 amide bonds. The van der Waals surface area contributed by atoms with Crippen molar-refractivity contribution >= 4 is 22.5 Å². The number of aromatic nitrogens is 1. The van der Waals surface area contributed by atoms with Crippen LogP contribution in [0, 0.1) is 0 Å². The molecule has 1 aliphatic rings. The zero-order valence-corrected chi connectivity index (χ0v) is 11.5. The third-order valence-corrected chi connectivity index (χ3v) is 3.70. The zero-order chi connectivity index (χ0) is 14.1. The van der Waals surface area contributed by atoms with Crippen LogP contribution in [0.4, 0.5) is 5.69 Å². The lowest BCUT2D eigenvalue weighted by Crippen LogP contribution is -2.52. The van der Waals surface area contributed by atoms with Gasteiger partial charge in [0.1, 0.15) is 5.69 Å². The van der Waals surface area contributed by atoms with E-state index in [0.29, 0.717) is 11.4 Å². The summed E-state index contributed by atoms with van der Waals surface area (Å²) in [6.45, 7) is 3.59. The molecule has 1 aromatic heterocycles. The second kappa shape index (κ2) is 5.15. The molecule has 2 aromatic rings. The highest BCUT2D eigenvalue weighted by atomic mass is 16.2. The quantitative estimate of drug-likeness (QED) is 0.702. The van der Waals surface area contributed by atoms with Crippen molar-refractivity contribution in [2.45, 2.75) is 0 Å². The third-order valence-electron chi connectivity index (χ3n) is 3.70. The van der Waals surface area contributed by atoms with E-state index >= 15 is 0 Å². The number of benzene rings is 1. The average molecular weight is 273 g/mol. The van der Waals surface area contributed by atoms with Crippen LogP contribution in [0.1, 0.15) is 10.5 Å². The van der Waals surface area contributed by atoms with Gasteiger partial charge in [-0.15, -0.1) is 0 Å².